The number of nitrogens with one attached hydrogen (secondary N) is 1. The smallest absolute Gasteiger partial charge is 0.326 e. The van der Waals surface area contributed by atoms with Gasteiger partial charge in [-0.25, -0.2) is 4.79 Å². The molecule has 5 heteroatoms. The fourth-order valence-corrected chi connectivity index (χ4v) is 1.29. The van der Waals surface area contributed by atoms with Crippen molar-refractivity contribution in [1.29, 1.82) is 0 Å². The van der Waals surface area contributed by atoms with Gasteiger partial charge in [-0.2, -0.15) is 0 Å². The van der Waals surface area contributed by atoms with E-state index in [1.807, 2.05) is 6.92 Å². The highest BCUT2D eigenvalue weighted by Gasteiger charge is 2.17. The van der Waals surface area contributed by atoms with E-state index in [9.17, 15) is 9.59 Å². The fraction of sp³-hybridized carbons (Fsp3) is 0.667. The summed E-state index contributed by atoms with van der Waals surface area (Å²) in [7, 11) is 1.61. The summed E-state index contributed by atoms with van der Waals surface area (Å²) in [5, 5.41) is 11.4. The molecule has 0 bridgehead atoms. The summed E-state index contributed by atoms with van der Waals surface area (Å²) in [5.74, 6) is -1.23. The third-order valence-corrected chi connectivity index (χ3v) is 2.24. The van der Waals surface area contributed by atoms with Gasteiger partial charge >= 0.3 is 5.97 Å². The van der Waals surface area contributed by atoms with Gasteiger partial charge in [0.25, 0.3) is 0 Å². The van der Waals surface area contributed by atoms with E-state index in [1.165, 1.54) is 0 Å². The largest absolute Gasteiger partial charge is 0.480 e. The van der Waals surface area contributed by atoms with E-state index in [0.717, 1.165) is 6.42 Å². The Kier molecular flexibility index (Phi) is 9.05. The van der Waals surface area contributed by atoms with E-state index in [4.69, 9.17) is 9.84 Å². The lowest BCUT2D eigenvalue weighted by atomic mass is 10.1. The highest BCUT2D eigenvalue weighted by Crippen LogP contribution is 1.99. The second-order valence-electron chi connectivity index (χ2n) is 3.71. The molecule has 2 N–H and O–H groups in total. The first-order valence-corrected chi connectivity index (χ1v) is 5.74. The topological polar surface area (TPSA) is 75.6 Å². The second kappa shape index (κ2) is 9.84. The van der Waals surface area contributed by atoms with Crippen molar-refractivity contribution in [1.82, 2.24) is 5.32 Å². The van der Waals surface area contributed by atoms with E-state index in [1.54, 1.807) is 19.3 Å². The maximum atomic E-state index is 11.4. The molecule has 98 valence electrons. The molecule has 0 saturated heterocycles. The van der Waals surface area contributed by atoms with Gasteiger partial charge in [0, 0.05) is 20.1 Å². The number of carboxylic acid groups (broad SMARTS) is 1. The Morgan fingerprint density at radius 1 is 1.41 bits per heavy atom. The van der Waals surface area contributed by atoms with Gasteiger partial charge in [0.05, 0.1) is 0 Å². The second-order valence-corrected chi connectivity index (χ2v) is 3.71. The Labute approximate surface area is 102 Å². The molecular formula is C12H21NO4. The molecule has 0 saturated carbocycles. The van der Waals surface area contributed by atoms with Crippen molar-refractivity contribution in [2.45, 2.75) is 38.6 Å². The summed E-state index contributed by atoms with van der Waals surface area (Å²) in [6, 6.07) is -0.832. The molecule has 0 aliphatic rings. The predicted octanol–water partition coefficient (Wildman–Crippen LogP) is 1.34. The maximum absolute atomic E-state index is 11.4. The van der Waals surface area contributed by atoms with Gasteiger partial charge in [-0.15, -0.1) is 0 Å². The minimum absolute atomic E-state index is 0.224. The molecule has 0 fully saturated rings. The summed E-state index contributed by atoms with van der Waals surface area (Å²) in [4.78, 5) is 22.3. The summed E-state index contributed by atoms with van der Waals surface area (Å²) in [6.07, 6.45) is 5.65. The van der Waals surface area contributed by atoms with Crippen LogP contribution in [0.4, 0.5) is 0 Å². The van der Waals surface area contributed by atoms with Gasteiger partial charge in [-0.05, 0) is 26.2 Å². The van der Waals surface area contributed by atoms with Gasteiger partial charge in [0.2, 0.25) is 5.91 Å². The fourth-order valence-electron chi connectivity index (χ4n) is 1.29. The molecule has 0 aromatic heterocycles. The summed E-state index contributed by atoms with van der Waals surface area (Å²) < 4.78 is 4.86. The molecule has 1 amide bonds. The number of amides is 1. The number of hydrogen-bond donors (Lipinski definition) is 2. The van der Waals surface area contributed by atoms with E-state index in [2.05, 4.69) is 5.32 Å². The Morgan fingerprint density at radius 3 is 2.65 bits per heavy atom. The molecule has 0 rings (SSSR count). The lowest BCUT2D eigenvalue weighted by Gasteiger charge is -2.12. The van der Waals surface area contributed by atoms with Crippen LogP contribution in [0.5, 0.6) is 0 Å². The van der Waals surface area contributed by atoms with Crippen LogP contribution in [0, 0.1) is 0 Å². The number of methoxy groups -OCH3 is 1. The van der Waals surface area contributed by atoms with Crippen LogP contribution >= 0.6 is 0 Å². The van der Waals surface area contributed by atoms with Crippen molar-refractivity contribution in [3.05, 3.63) is 12.2 Å². The molecule has 0 aromatic rings. The van der Waals surface area contributed by atoms with Gasteiger partial charge in [-0.1, -0.05) is 12.2 Å². The summed E-state index contributed by atoms with van der Waals surface area (Å²) in [6.45, 7) is 2.43. The highest BCUT2D eigenvalue weighted by atomic mass is 16.5. The predicted molar refractivity (Wildman–Crippen MR) is 64.7 cm³/mol. The maximum Gasteiger partial charge on any atom is 0.326 e. The zero-order chi connectivity index (χ0) is 13.1. The van der Waals surface area contributed by atoms with Crippen LogP contribution in [0.15, 0.2) is 12.2 Å². The average molecular weight is 243 g/mol. The van der Waals surface area contributed by atoms with Crippen LogP contribution in [0.25, 0.3) is 0 Å². The Hall–Kier alpha value is -1.36. The van der Waals surface area contributed by atoms with Crippen LogP contribution in [0.2, 0.25) is 0 Å². The molecule has 0 heterocycles. The van der Waals surface area contributed by atoms with Gasteiger partial charge < -0.3 is 15.2 Å². The molecule has 17 heavy (non-hydrogen) atoms. The lowest BCUT2D eigenvalue weighted by molar-refractivity contribution is -0.141. The van der Waals surface area contributed by atoms with Crippen molar-refractivity contribution in [2.75, 3.05) is 13.7 Å². The Morgan fingerprint density at radius 2 is 2.12 bits per heavy atom. The van der Waals surface area contributed by atoms with E-state index >= 15 is 0 Å². The first kappa shape index (κ1) is 15.6. The third kappa shape index (κ3) is 8.45. The molecule has 5 nitrogen and oxygen atoms in total. The van der Waals surface area contributed by atoms with Gasteiger partial charge in [-0.3, -0.25) is 4.79 Å². The Bertz CT molecular complexity index is 263. The van der Waals surface area contributed by atoms with Crippen LogP contribution in [-0.4, -0.2) is 36.7 Å². The molecule has 1 unspecified atom stereocenters. The standard InChI is InChI=1S/C12H21NO4/c1-3-4-7-10(12(15)16)13-11(14)8-5-6-9-17-2/h3-4,10H,5-9H2,1-2H3,(H,13,14)(H,15,16)/b4-3+. The number of allylic oxidation sites excluding steroid dienone is 1. The van der Waals surface area contributed by atoms with Gasteiger partial charge in [0.1, 0.15) is 6.04 Å². The normalized spacial score (nSPS) is 12.6. The average Bonchev–Trinajstić information content (AvgIpc) is 2.29. The number of rotatable bonds is 9. The van der Waals surface area contributed by atoms with Crippen molar-refractivity contribution in [3.8, 4) is 0 Å². The van der Waals surface area contributed by atoms with Crippen molar-refractivity contribution in [3.63, 3.8) is 0 Å². The Balaban J connectivity index is 3.91. The summed E-state index contributed by atoms with van der Waals surface area (Å²) >= 11 is 0. The van der Waals surface area contributed by atoms with Crippen molar-refractivity contribution in [2.24, 2.45) is 0 Å². The zero-order valence-corrected chi connectivity index (χ0v) is 10.4. The van der Waals surface area contributed by atoms with Crippen molar-refractivity contribution >= 4 is 11.9 Å². The van der Waals surface area contributed by atoms with Gasteiger partial charge in [0.15, 0.2) is 0 Å². The number of hydrogen-bond acceptors (Lipinski definition) is 3. The van der Waals surface area contributed by atoms with E-state index in [-0.39, 0.29) is 5.91 Å². The number of carboxylic acids is 1. The van der Waals surface area contributed by atoms with E-state index < -0.39 is 12.0 Å². The van der Waals surface area contributed by atoms with Crippen LogP contribution in [-0.2, 0) is 14.3 Å². The molecule has 0 spiro atoms. The first-order valence-electron chi connectivity index (χ1n) is 5.74. The minimum Gasteiger partial charge on any atom is -0.480 e. The van der Waals surface area contributed by atoms with Crippen LogP contribution in [0.3, 0.4) is 0 Å². The highest BCUT2D eigenvalue weighted by molar-refractivity contribution is 5.83. The number of aliphatic carboxylic acids is 1. The third-order valence-electron chi connectivity index (χ3n) is 2.24. The first-order chi connectivity index (χ1) is 8.11. The van der Waals surface area contributed by atoms with Crippen LogP contribution < -0.4 is 5.32 Å². The number of carbonyl (C=O) groups excluding carboxylic acids is 1. The van der Waals surface area contributed by atoms with Crippen LogP contribution in [0.1, 0.15) is 32.6 Å². The van der Waals surface area contributed by atoms with E-state index in [0.29, 0.717) is 25.9 Å². The molecule has 1 atom stereocenters. The quantitative estimate of drug-likeness (QED) is 0.473. The number of ether oxygens (including phenoxy) is 1. The number of unbranched alkanes of at least 4 members (excludes halogenated alkanes) is 1. The molecule has 0 aliphatic carbocycles. The summed E-state index contributed by atoms with van der Waals surface area (Å²) in [5.41, 5.74) is 0. The zero-order valence-electron chi connectivity index (χ0n) is 10.4. The SMILES string of the molecule is C/C=C/CC(NC(=O)CCCCOC)C(=O)O. The molecule has 0 radical (unpaired) electrons. The molecule has 0 aromatic carbocycles. The molecule has 0 aliphatic heterocycles. The lowest BCUT2D eigenvalue weighted by Crippen LogP contribution is -2.40. The monoisotopic (exact) mass is 243 g/mol. The minimum atomic E-state index is -1.01. The van der Waals surface area contributed by atoms with Crippen molar-refractivity contribution < 1.29 is 19.4 Å². The molecular weight excluding hydrogens is 222 g/mol. The number of carbonyl (C=O) groups is 2.